The van der Waals surface area contributed by atoms with Crippen molar-refractivity contribution in [2.75, 3.05) is 6.61 Å². The molecule has 14 heteroatoms. The molecule has 1 aromatic heterocycles. The maximum atomic E-state index is 13.4. The second-order valence-electron chi connectivity index (χ2n) is 9.68. The van der Waals surface area contributed by atoms with Gasteiger partial charge in [-0.15, -0.1) is 0 Å². The van der Waals surface area contributed by atoms with Crippen LogP contribution in [0.1, 0.15) is 24.0 Å². The quantitative estimate of drug-likeness (QED) is 0.110. The molecule has 0 aliphatic heterocycles. The summed E-state index contributed by atoms with van der Waals surface area (Å²) < 4.78 is 0. The van der Waals surface area contributed by atoms with Crippen LogP contribution in [0.15, 0.2) is 54.7 Å². The molecule has 224 valence electrons. The molecule has 0 bridgehead atoms. The number of rotatable bonds is 15. The molecule has 0 radical (unpaired) electrons. The third-order valence-electron chi connectivity index (χ3n) is 6.54. The standard InChI is InChI=1S/C28H33N5O9/c29-19(11-15-5-7-17(35)8-6-15)25(38)32-22(12-16-13-30-20-4-2-1-3-18(16)20)26(39)33-23(14-34)27(40)31-21(28(41)42)9-10-24(36)37/h1-8,13,19,21-23,30,34-35H,9-12,14,29H2,(H,31,40)(H,32,38)(H,33,39)(H,36,37)(H,41,42). The molecule has 0 saturated heterocycles. The first-order valence-electron chi connectivity index (χ1n) is 13.0. The fraction of sp³-hybridized carbons (Fsp3) is 0.321. The van der Waals surface area contributed by atoms with Crippen molar-refractivity contribution in [3.8, 4) is 5.75 Å². The second-order valence-corrected chi connectivity index (χ2v) is 9.68. The number of phenolic OH excluding ortho intramolecular Hbond substituents is 1. The molecule has 2 aromatic carbocycles. The summed E-state index contributed by atoms with van der Waals surface area (Å²) in [7, 11) is 0. The van der Waals surface area contributed by atoms with Gasteiger partial charge in [0.15, 0.2) is 0 Å². The van der Waals surface area contributed by atoms with E-state index in [2.05, 4.69) is 20.9 Å². The van der Waals surface area contributed by atoms with E-state index in [1.807, 2.05) is 18.2 Å². The number of fused-ring (bicyclic) bond motifs is 1. The SMILES string of the molecule is NC(Cc1ccc(O)cc1)C(=O)NC(Cc1c[nH]c2ccccc12)C(=O)NC(CO)C(=O)NC(CCC(=O)O)C(=O)O. The van der Waals surface area contributed by atoms with Gasteiger partial charge >= 0.3 is 11.9 Å². The highest BCUT2D eigenvalue weighted by atomic mass is 16.4. The molecule has 0 aliphatic rings. The van der Waals surface area contributed by atoms with Crippen LogP contribution >= 0.6 is 0 Å². The fourth-order valence-corrected chi connectivity index (χ4v) is 4.25. The molecular weight excluding hydrogens is 550 g/mol. The van der Waals surface area contributed by atoms with Crippen LogP contribution in [0.5, 0.6) is 5.75 Å². The first-order valence-corrected chi connectivity index (χ1v) is 13.0. The molecule has 0 saturated carbocycles. The highest BCUT2D eigenvalue weighted by Gasteiger charge is 2.31. The van der Waals surface area contributed by atoms with Crippen LogP contribution in [0.2, 0.25) is 0 Å². The molecule has 4 unspecified atom stereocenters. The second kappa shape index (κ2) is 14.6. The zero-order valence-electron chi connectivity index (χ0n) is 22.4. The Bertz CT molecular complexity index is 1420. The van der Waals surface area contributed by atoms with Crippen molar-refractivity contribution < 1.29 is 44.4 Å². The minimum absolute atomic E-state index is 0.0242. The van der Waals surface area contributed by atoms with Crippen LogP contribution in [-0.4, -0.2) is 85.8 Å². The largest absolute Gasteiger partial charge is 0.508 e. The van der Waals surface area contributed by atoms with Gasteiger partial charge in [-0.25, -0.2) is 4.79 Å². The number of aliphatic hydroxyl groups is 1. The van der Waals surface area contributed by atoms with Crippen LogP contribution in [0.4, 0.5) is 0 Å². The van der Waals surface area contributed by atoms with Crippen LogP contribution in [-0.2, 0) is 36.8 Å². The Morgan fingerprint density at radius 2 is 1.43 bits per heavy atom. The number of carbonyl (C=O) groups is 5. The maximum absolute atomic E-state index is 13.4. The molecular formula is C28H33N5O9. The number of aliphatic carboxylic acids is 2. The summed E-state index contributed by atoms with van der Waals surface area (Å²) in [4.78, 5) is 64.5. The lowest BCUT2D eigenvalue weighted by atomic mass is 10.0. The van der Waals surface area contributed by atoms with Gasteiger partial charge in [-0.2, -0.15) is 0 Å². The number of phenols is 1. The van der Waals surface area contributed by atoms with Gasteiger partial charge in [-0.05, 0) is 42.2 Å². The Labute approximate surface area is 239 Å². The molecule has 0 spiro atoms. The predicted octanol–water partition coefficient (Wildman–Crippen LogP) is -0.618. The number of nitrogens with two attached hydrogens (primary N) is 1. The number of carboxylic acids is 2. The van der Waals surface area contributed by atoms with Gasteiger partial charge in [0.05, 0.1) is 12.6 Å². The Balaban J connectivity index is 1.77. The fourth-order valence-electron chi connectivity index (χ4n) is 4.25. The number of H-pyrrole nitrogens is 1. The van der Waals surface area contributed by atoms with Crippen LogP contribution in [0, 0.1) is 0 Å². The number of nitrogens with one attached hydrogen (secondary N) is 4. The smallest absolute Gasteiger partial charge is 0.326 e. The van der Waals surface area contributed by atoms with Gasteiger partial charge in [0.1, 0.15) is 23.9 Å². The Kier molecular flexibility index (Phi) is 11.0. The highest BCUT2D eigenvalue weighted by molar-refractivity contribution is 5.95. The Hall–Kier alpha value is -4.95. The number of aromatic hydroxyl groups is 1. The maximum Gasteiger partial charge on any atom is 0.326 e. The number of hydrogen-bond acceptors (Lipinski definition) is 8. The van der Waals surface area contributed by atoms with Crippen molar-refractivity contribution in [3.63, 3.8) is 0 Å². The number of benzene rings is 2. The Morgan fingerprint density at radius 3 is 2.07 bits per heavy atom. The molecule has 4 atom stereocenters. The number of aliphatic hydroxyl groups excluding tert-OH is 1. The summed E-state index contributed by atoms with van der Waals surface area (Å²) >= 11 is 0. The van der Waals surface area contributed by atoms with E-state index in [4.69, 9.17) is 10.8 Å². The van der Waals surface area contributed by atoms with E-state index < -0.39 is 73.3 Å². The van der Waals surface area contributed by atoms with Gasteiger partial charge in [0.25, 0.3) is 0 Å². The van der Waals surface area contributed by atoms with E-state index >= 15 is 0 Å². The average molecular weight is 584 g/mol. The first-order chi connectivity index (χ1) is 20.0. The first kappa shape index (κ1) is 31.6. The topological polar surface area (TPSA) is 244 Å². The minimum atomic E-state index is -1.60. The number of amides is 3. The van der Waals surface area contributed by atoms with Gasteiger partial charge in [-0.1, -0.05) is 30.3 Å². The molecule has 10 N–H and O–H groups in total. The summed E-state index contributed by atoms with van der Waals surface area (Å²) in [6.07, 6.45) is 0.798. The number of carbonyl (C=O) groups excluding carboxylic acids is 3. The molecule has 3 rings (SSSR count). The summed E-state index contributed by atoms with van der Waals surface area (Å²) in [5, 5.41) is 45.3. The monoisotopic (exact) mass is 583 g/mol. The lowest BCUT2D eigenvalue weighted by Crippen LogP contribution is -2.58. The summed E-state index contributed by atoms with van der Waals surface area (Å²) in [6.45, 7) is -0.906. The molecule has 14 nitrogen and oxygen atoms in total. The molecule has 3 aromatic rings. The lowest BCUT2D eigenvalue weighted by molar-refractivity contribution is -0.143. The molecule has 42 heavy (non-hydrogen) atoms. The third kappa shape index (κ3) is 8.78. The predicted molar refractivity (Wildman–Crippen MR) is 149 cm³/mol. The van der Waals surface area contributed by atoms with E-state index in [0.29, 0.717) is 11.1 Å². The van der Waals surface area contributed by atoms with Crippen LogP contribution < -0.4 is 21.7 Å². The van der Waals surface area contributed by atoms with E-state index in [9.17, 15) is 39.3 Å². The molecule has 0 aliphatic carbocycles. The van der Waals surface area contributed by atoms with Crippen molar-refractivity contribution in [2.24, 2.45) is 5.73 Å². The van der Waals surface area contributed by atoms with Crippen LogP contribution in [0.3, 0.4) is 0 Å². The van der Waals surface area contributed by atoms with Gasteiger partial charge in [-0.3, -0.25) is 19.2 Å². The molecule has 1 heterocycles. The lowest BCUT2D eigenvalue weighted by Gasteiger charge is -2.24. The summed E-state index contributed by atoms with van der Waals surface area (Å²) in [5.74, 6) is -5.28. The van der Waals surface area contributed by atoms with Crippen LogP contribution in [0.25, 0.3) is 10.9 Å². The number of aromatic nitrogens is 1. The van der Waals surface area contributed by atoms with E-state index in [-0.39, 0.29) is 18.6 Å². The normalized spacial score (nSPS) is 13.9. The third-order valence-corrected chi connectivity index (χ3v) is 6.54. The average Bonchev–Trinajstić information content (AvgIpc) is 3.36. The molecule has 3 amide bonds. The van der Waals surface area contributed by atoms with Gasteiger partial charge in [0, 0.05) is 29.9 Å². The van der Waals surface area contributed by atoms with Gasteiger partial charge in [0.2, 0.25) is 17.7 Å². The number of aromatic amines is 1. The number of carboxylic acid groups (broad SMARTS) is 2. The summed E-state index contributed by atoms with van der Waals surface area (Å²) in [6, 6.07) is 7.87. The van der Waals surface area contributed by atoms with E-state index in [0.717, 1.165) is 10.9 Å². The number of para-hydroxylation sites is 1. The van der Waals surface area contributed by atoms with Gasteiger partial charge < -0.3 is 47.1 Å². The summed E-state index contributed by atoms with van der Waals surface area (Å²) in [5.41, 5.74) is 8.22. The zero-order valence-corrected chi connectivity index (χ0v) is 22.4. The van der Waals surface area contributed by atoms with Crippen molar-refractivity contribution >= 4 is 40.6 Å². The minimum Gasteiger partial charge on any atom is -0.508 e. The van der Waals surface area contributed by atoms with E-state index in [1.165, 1.54) is 12.1 Å². The van der Waals surface area contributed by atoms with Crippen molar-refractivity contribution in [1.82, 2.24) is 20.9 Å². The van der Waals surface area contributed by atoms with Crippen molar-refractivity contribution in [2.45, 2.75) is 49.9 Å². The van der Waals surface area contributed by atoms with Crippen molar-refractivity contribution in [1.29, 1.82) is 0 Å². The van der Waals surface area contributed by atoms with Crippen molar-refractivity contribution in [3.05, 3.63) is 65.9 Å². The number of hydrogen-bond donors (Lipinski definition) is 9. The molecule has 0 fully saturated rings. The van der Waals surface area contributed by atoms with E-state index in [1.54, 1.807) is 24.4 Å². The Morgan fingerprint density at radius 1 is 0.810 bits per heavy atom. The highest BCUT2D eigenvalue weighted by Crippen LogP contribution is 2.19. The zero-order chi connectivity index (χ0) is 30.8.